The lowest BCUT2D eigenvalue weighted by molar-refractivity contribution is 0.501. The van der Waals surface area contributed by atoms with E-state index in [4.69, 9.17) is 11.1 Å². The predicted octanol–water partition coefficient (Wildman–Crippen LogP) is 1.07. The average Bonchev–Trinajstić information content (AvgIpc) is 1.94. The van der Waals surface area contributed by atoms with Gasteiger partial charge in [-0.15, -0.1) is 12.4 Å². The second-order valence-electron chi connectivity index (χ2n) is 1.87. The monoisotopic (exact) mass is 193 g/mol. The third-order valence-corrected chi connectivity index (χ3v) is 1.10. The lowest BCUT2D eigenvalue weighted by Gasteiger charge is -1.98. The Bertz CT molecular complexity index is 303. The fraction of sp³-hybridized carbons (Fsp3) is 0. The Morgan fingerprint density at radius 2 is 2.08 bits per heavy atom. The molecule has 66 valence electrons. The summed E-state index contributed by atoms with van der Waals surface area (Å²) in [5, 5.41) is 6.78. The molecule has 3 N–H and O–H groups in total. The molecule has 0 bridgehead atoms. The van der Waals surface area contributed by atoms with Crippen LogP contribution in [-0.2, 0) is 0 Å². The zero-order chi connectivity index (χ0) is 8.43. The summed E-state index contributed by atoms with van der Waals surface area (Å²) in [7, 11) is 0. The minimum absolute atomic E-state index is 0. The maximum atomic E-state index is 12.6. The molecule has 0 aliphatic rings. The van der Waals surface area contributed by atoms with E-state index in [-0.39, 0.29) is 12.4 Å². The van der Waals surface area contributed by atoms with Crippen molar-refractivity contribution in [3.05, 3.63) is 29.6 Å². The minimum atomic E-state index is -1.18. The van der Waals surface area contributed by atoms with Gasteiger partial charge >= 0.3 is 0 Å². The van der Waals surface area contributed by atoms with E-state index in [1.165, 1.54) is 0 Å². The van der Waals surface area contributed by atoms with Gasteiger partial charge in [0.1, 0.15) is 11.5 Å². The maximum absolute atomic E-state index is 12.6. The van der Waals surface area contributed by atoms with Gasteiger partial charge in [0.25, 0.3) is 0 Å². The van der Waals surface area contributed by atoms with Gasteiger partial charge in [0.2, 0.25) is 0 Å². The van der Waals surface area contributed by atoms with Crippen LogP contribution in [0.25, 0.3) is 0 Å². The van der Waals surface area contributed by atoms with Gasteiger partial charge in [-0.1, -0.05) is 0 Å². The fourth-order valence-corrected chi connectivity index (χ4v) is 0.608. The summed E-state index contributed by atoms with van der Waals surface area (Å²) < 4.78 is 25.0. The van der Waals surface area contributed by atoms with E-state index in [0.29, 0.717) is 0 Å². The molecule has 0 saturated carbocycles. The molecule has 0 radical (unpaired) electrons. The van der Waals surface area contributed by atoms with Gasteiger partial charge < -0.3 is 5.73 Å². The second kappa shape index (κ2) is 3.96. The van der Waals surface area contributed by atoms with Crippen LogP contribution < -0.4 is 5.73 Å². The van der Waals surface area contributed by atoms with Gasteiger partial charge in [-0.3, -0.25) is 5.41 Å². The number of nitrogens with two attached hydrogens (primary N) is 1. The number of nitrogens with zero attached hydrogens (tertiary/aromatic N) is 1. The fourth-order valence-electron chi connectivity index (χ4n) is 0.608. The largest absolute Gasteiger partial charge is 0.382 e. The molecular formula is C6H6ClF2N3. The van der Waals surface area contributed by atoms with Crippen LogP contribution in [-0.4, -0.2) is 10.8 Å². The molecule has 1 heterocycles. The Balaban J connectivity index is 0.00000121. The molecule has 0 aliphatic carbocycles. The van der Waals surface area contributed by atoms with Gasteiger partial charge in [0.15, 0.2) is 11.6 Å². The van der Waals surface area contributed by atoms with E-state index >= 15 is 0 Å². The molecule has 0 saturated heterocycles. The van der Waals surface area contributed by atoms with Gasteiger partial charge in [0.05, 0.1) is 0 Å². The molecule has 0 aliphatic heterocycles. The number of nitrogen functional groups attached to an aromatic ring is 1. The highest BCUT2D eigenvalue weighted by Gasteiger charge is 2.10. The van der Waals surface area contributed by atoms with Crippen molar-refractivity contribution in [3.8, 4) is 0 Å². The zero-order valence-corrected chi connectivity index (χ0v) is 6.66. The van der Waals surface area contributed by atoms with E-state index in [1.807, 2.05) is 0 Å². The number of rotatable bonds is 1. The van der Waals surface area contributed by atoms with E-state index < -0.39 is 23.2 Å². The van der Waals surface area contributed by atoms with Gasteiger partial charge in [-0.05, 0) is 6.07 Å². The summed E-state index contributed by atoms with van der Waals surface area (Å²) >= 11 is 0. The molecule has 6 heteroatoms. The SMILES string of the molecule is Cl.N=C(N)c1nccc(F)c1F. The molecule has 0 unspecified atom stereocenters. The van der Waals surface area contributed by atoms with E-state index in [0.717, 1.165) is 12.3 Å². The normalized spacial score (nSPS) is 8.83. The van der Waals surface area contributed by atoms with Crippen LogP contribution in [0.15, 0.2) is 12.3 Å². The minimum Gasteiger partial charge on any atom is -0.382 e. The molecule has 0 atom stereocenters. The van der Waals surface area contributed by atoms with Crippen molar-refractivity contribution in [1.29, 1.82) is 5.41 Å². The number of nitrogens with one attached hydrogen (secondary N) is 1. The van der Waals surface area contributed by atoms with Crippen molar-refractivity contribution >= 4 is 18.2 Å². The Kier molecular flexibility index (Phi) is 3.56. The first-order valence-corrected chi connectivity index (χ1v) is 2.77. The molecule has 1 aromatic rings. The van der Waals surface area contributed by atoms with Crippen LogP contribution >= 0.6 is 12.4 Å². The molecule has 0 amide bonds. The highest BCUT2D eigenvalue weighted by Crippen LogP contribution is 2.06. The zero-order valence-electron chi connectivity index (χ0n) is 5.84. The topological polar surface area (TPSA) is 62.8 Å². The van der Waals surface area contributed by atoms with Gasteiger partial charge in [0, 0.05) is 6.20 Å². The Morgan fingerprint density at radius 1 is 1.50 bits per heavy atom. The van der Waals surface area contributed by atoms with Crippen molar-refractivity contribution in [2.75, 3.05) is 0 Å². The van der Waals surface area contributed by atoms with Crippen molar-refractivity contribution < 1.29 is 8.78 Å². The van der Waals surface area contributed by atoms with Crippen LogP contribution in [0.2, 0.25) is 0 Å². The van der Waals surface area contributed by atoms with E-state index in [9.17, 15) is 8.78 Å². The maximum Gasteiger partial charge on any atom is 0.188 e. The summed E-state index contributed by atoms with van der Waals surface area (Å²) in [6.45, 7) is 0. The number of aromatic nitrogens is 1. The first-order chi connectivity index (χ1) is 5.13. The van der Waals surface area contributed by atoms with Crippen molar-refractivity contribution in [3.63, 3.8) is 0 Å². The van der Waals surface area contributed by atoms with Crippen LogP contribution in [0.1, 0.15) is 5.69 Å². The number of hydrogen-bond acceptors (Lipinski definition) is 2. The summed E-state index contributed by atoms with van der Waals surface area (Å²) in [5.41, 5.74) is 4.44. The van der Waals surface area contributed by atoms with Crippen molar-refractivity contribution in [2.45, 2.75) is 0 Å². The number of halogens is 3. The molecule has 1 aromatic heterocycles. The number of pyridine rings is 1. The smallest absolute Gasteiger partial charge is 0.188 e. The molecule has 0 fully saturated rings. The lowest BCUT2D eigenvalue weighted by Crippen LogP contribution is -2.16. The van der Waals surface area contributed by atoms with E-state index in [2.05, 4.69) is 4.98 Å². The first kappa shape index (κ1) is 10.8. The van der Waals surface area contributed by atoms with Crippen LogP contribution in [0.4, 0.5) is 8.78 Å². The van der Waals surface area contributed by atoms with Gasteiger partial charge in [-0.25, -0.2) is 13.8 Å². The third kappa shape index (κ3) is 1.88. The standard InChI is InChI=1S/C6H5F2N3.ClH/c7-3-1-2-11-5(4(3)8)6(9)10;/h1-2H,(H3,9,10);1H. The van der Waals surface area contributed by atoms with Gasteiger partial charge in [-0.2, -0.15) is 0 Å². The van der Waals surface area contributed by atoms with Crippen molar-refractivity contribution in [2.24, 2.45) is 5.73 Å². The summed E-state index contributed by atoms with van der Waals surface area (Å²) in [6, 6.07) is 0.863. The Morgan fingerprint density at radius 3 is 2.50 bits per heavy atom. The molecule has 12 heavy (non-hydrogen) atoms. The summed E-state index contributed by atoms with van der Waals surface area (Å²) in [5.74, 6) is -2.81. The van der Waals surface area contributed by atoms with Crippen LogP contribution in [0.5, 0.6) is 0 Å². The van der Waals surface area contributed by atoms with Crippen molar-refractivity contribution in [1.82, 2.24) is 4.98 Å². The van der Waals surface area contributed by atoms with E-state index in [1.54, 1.807) is 0 Å². The molecule has 0 spiro atoms. The Labute approximate surface area is 73.5 Å². The number of amidine groups is 1. The number of hydrogen-bond donors (Lipinski definition) is 2. The van der Waals surface area contributed by atoms with Crippen LogP contribution in [0.3, 0.4) is 0 Å². The molecule has 0 aromatic carbocycles. The predicted molar refractivity (Wildman–Crippen MR) is 42.4 cm³/mol. The average molecular weight is 194 g/mol. The van der Waals surface area contributed by atoms with Crippen LogP contribution in [0, 0.1) is 17.0 Å². The molecule has 3 nitrogen and oxygen atoms in total. The quantitative estimate of drug-likeness (QED) is 0.518. The highest BCUT2D eigenvalue weighted by atomic mass is 35.5. The second-order valence-corrected chi connectivity index (χ2v) is 1.87. The summed E-state index contributed by atoms with van der Waals surface area (Å²) in [4.78, 5) is 3.37. The lowest BCUT2D eigenvalue weighted by atomic mass is 10.3. The highest BCUT2D eigenvalue weighted by molar-refractivity contribution is 5.93. The molecule has 1 rings (SSSR count). The summed E-state index contributed by atoms with van der Waals surface area (Å²) in [6.07, 6.45) is 1.05. The third-order valence-electron chi connectivity index (χ3n) is 1.10. The molecular weight excluding hydrogens is 188 g/mol. The first-order valence-electron chi connectivity index (χ1n) is 2.77. The Hall–Kier alpha value is -1.23.